The highest BCUT2D eigenvalue weighted by atomic mass is 15.1. The minimum Gasteiger partial charge on any atom is -0.310 e. The van der Waals surface area contributed by atoms with Crippen molar-refractivity contribution in [3.63, 3.8) is 0 Å². The van der Waals surface area contributed by atoms with Crippen molar-refractivity contribution >= 4 is 38.6 Å². The molecule has 1 heteroatoms. The van der Waals surface area contributed by atoms with Gasteiger partial charge in [-0.15, -0.1) is 0 Å². The van der Waals surface area contributed by atoms with E-state index in [-0.39, 0.29) is 10.8 Å². The van der Waals surface area contributed by atoms with Crippen LogP contribution in [0, 0.1) is 29.1 Å². The van der Waals surface area contributed by atoms with E-state index in [0.29, 0.717) is 5.41 Å². The molecule has 0 aromatic heterocycles. The van der Waals surface area contributed by atoms with Gasteiger partial charge in [0.25, 0.3) is 0 Å². The summed E-state index contributed by atoms with van der Waals surface area (Å²) in [5.41, 5.74) is 18.6. The molecule has 8 aromatic rings. The monoisotopic (exact) mass is 757 g/mol. The Balaban J connectivity index is 0.921. The third kappa shape index (κ3) is 4.07. The zero-order chi connectivity index (χ0) is 38.8. The van der Waals surface area contributed by atoms with Crippen LogP contribution in [0.15, 0.2) is 164 Å². The maximum atomic E-state index is 2.59. The predicted molar refractivity (Wildman–Crippen MR) is 245 cm³/mol. The van der Waals surface area contributed by atoms with Gasteiger partial charge in [0.1, 0.15) is 0 Å². The quantitative estimate of drug-likeness (QED) is 0.162. The molecule has 8 aromatic carbocycles. The molecule has 6 aliphatic carbocycles. The van der Waals surface area contributed by atoms with Crippen LogP contribution in [0.3, 0.4) is 0 Å². The van der Waals surface area contributed by atoms with E-state index < -0.39 is 0 Å². The molecular weight excluding hydrogens is 711 g/mol. The first-order chi connectivity index (χ1) is 28.9. The topological polar surface area (TPSA) is 3.24 Å². The fraction of sp³-hybridized carbons (Fsp3) is 0.241. The SMILES string of the molecule is CC1(C)c2ccccc2-c2ccc(N(c3ccc(-c4ccc5c(ccc6ccccc65)c4)cc3)c3ccc4c(c3)-c3ccccc3C43C4C[C@H]5CC6CC3C6(C4)C5)cc21. The second-order valence-electron chi connectivity index (χ2n) is 19.8. The largest absolute Gasteiger partial charge is 0.310 e. The number of nitrogens with zero attached hydrogens (tertiary/aromatic N) is 1. The van der Waals surface area contributed by atoms with Crippen molar-refractivity contribution in [1.29, 1.82) is 0 Å². The van der Waals surface area contributed by atoms with Crippen LogP contribution in [0.2, 0.25) is 0 Å². The molecule has 0 saturated heterocycles. The molecule has 0 radical (unpaired) electrons. The zero-order valence-corrected chi connectivity index (χ0v) is 33.9. The molecule has 4 fully saturated rings. The van der Waals surface area contributed by atoms with Crippen LogP contribution in [0.5, 0.6) is 0 Å². The van der Waals surface area contributed by atoms with E-state index in [0.717, 1.165) is 23.7 Å². The summed E-state index contributed by atoms with van der Waals surface area (Å²) >= 11 is 0. The average molecular weight is 758 g/mol. The van der Waals surface area contributed by atoms with Crippen molar-refractivity contribution < 1.29 is 0 Å². The second-order valence-corrected chi connectivity index (χ2v) is 19.8. The highest BCUT2D eigenvalue weighted by Crippen LogP contribution is 2.83. The van der Waals surface area contributed by atoms with Gasteiger partial charge < -0.3 is 4.90 Å². The molecule has 2 spiro atoms. The Morgan fingerprint density at radius 1 is 0.441 bits per heavy atom. The van der Waals surface area contributed by atoms with Crippen molar-refractivity contribution in [2.45, 2.75) is 56.8 Å². The molecule has 0 amide bonds. The second kappa shape index (κ2) is 11.2. The van der Waals surface area contributed by atoms with Crippen LogP contribution in [0.4, 0.5) is 17.1 Å². The fourth-order valence-electron chi connectivity index (χ4n) is 14.9. The molecule has 6 aliphatic rings. The summed E-state index contributed by atoms with van der Waals surface area (Å²) < 4.78 is 0. The van der Waals surface area contributed by atoms with Crippen molar-refractivity contribution in [3.05, 3.63) is 186 Å². The molecular formula is C58H47N. The van der Waals surface area contributed by atoms with Gasteiger partial charge in [-0.1, -0.05) is 135 Å². The van der Waals surface area contributed by atoms with Crippen LogP contribution in [0.1, 0.15) is 68.2 Å². The van der Waals surface area contributed by atoms with Gasteiger partial charge in [0.05, 0.1) is 0 Å². The summed E-state index contributed by atoms with van der Waals surface area (Å²) in [7, 11) is 0. The lowest BCUT2D eigenvalue weighted by molar-refractivity contribution is -0.0193. The maximum absolute atomic E-state index is 2.59. The first kappa shape index (κ1) is 33.0. The number of anilines is 3. The normalized spacial score (nSPS) is 26.7. The van der Waals surface area contributed by atoms with Gasteiger partial charge >= 0.3 is 0 Å². The minimum absolute atomic E-state index is 0.0815. The number of rotatable bonds is 4. The summed E-state index contributed by atoms with van der Waals surface area (Å²) in [4.78, 5) is 2.54. The van der Waals surface area contributed by atoms with Crippen molar-refractivity contribution in [2.24, 2.45) is 29.1 Å². The molecule has 14 rings (SSSR count). The van der Waals surface area contributed by atoms with Gasteiger partial charge in [0.2, 0.25) is 0 Å². The molecule has 0 heterocycles. The number of hydrogen-bond donors (Lipinski definition) is 0. The van der Waals surface area contributed by atoms with Crippen molar-refractivity contribution in [3.8, 4) is 33.4 Å². The Morgan fingerprint density at radius 2 is 1.08 bits per heavy atom. The molecule has 59 heavy (non-hydrogen) atoms. The van der Waals surface area contributed by atoms with E-state index in [1.807, 2.05) is 0 Å². The highest BCUT2D eigenvalue weighted by molar-refractivity contribution is 6.08. The molecule has 284 valence electrons. The molecule has 4 saturated carbocycles. The number of benzene rings is 8. The van der Waals surface area contributed by atoms with Crippen LogP contribution >= 0.6 is 0 Å². The first-order valence-electron chi connectivity index (χ1n) is 22.2. The summed E-state index contributed by atoms with van der Waals surface area (Å²) in [5, 5.41) is 5.18. The van der Waals surface area contributed by atoms with Gasteiger partial charge in [-0.2, -0.15) is 0 Å². The summed E-state index contributed by atoms with van der Waals surface area (Å²) in [6.45, 7) is 4.79. The van der Waals surface area contributed by atoms with Crippen LogP contribution in [0.25, 0.3) is 54.9 Å². The van der Waals surface area contributed by atoms with Crippen molar-refractivity contribution in [2.75, 3.05) is 4.90 Å². The van der Waals surface area contributed by atoms with E-state index in [2.05, 4.69) is 183 Å². The van der Waals surface area contributed by atoms with E-state index in [9.17, 15) is 0 Å². The van der Waals surface area contributed by atoms with Gasteiger partial charge in [-0.25, -0.2) is 0 Å². The Hall–Kier alpha value is -5.92. The molecule has 5 unspecified atom stereocenters. The van der Waals surface area contributed by atoms with Crippen LogP contribution < -0.4 is 4.90 Å². The van der Waals surface area contributed by atoms with Gasteiger partial charge in [0.15, 0.2) is 0 Å². The van der Waals surface area contributed by atoms with E-state index in [1.54, 1.807) is 11.1 Å². The molecule has 3 bridgehead atoms. The smallest absolute Gasteiger partial charge is 0.0468 e. The molecule has 0 N–H and O–H groups in total. The van der Waals surface area contributed by atoms with Gasteiger partial charge in [0, 0.05) is 27.9 Å². The molecule has 1 nitrogen and oxygen atoms in total. The summed E-state index contributed by atoms with van der Waals surface area (Å²) in [6, 6.07) is 63.0. The Labute approximate surface area is 347 Å². The Bertz CT molecular complexity index is 3110. The first-order valence-corrected chi connectivity index (χ1v) is 22.2. The fourth-order valence-corrected chi connectivity index (χ4v) is 14.9. The standard InChI is InChI=1S/C58H47N/c1-56(2)51-13-7-5-11-47(51)49-25-22-44(32-54(49)56)59(42-20-17-36(18-21-42)38-19-24-46-39(29-38)16-15-37-9-3-4-10-45(37)46)43-23-26-53-50(31-43)48-12-6-8-14-52(48)58(53)41-28-35-27-40-30-55(58)57(40,33-35)34-41/h3-26,29,31-32,35,40-41,55H,27-28,30,33-34H2,1-2H3/t35-,40?,41?,55?,57?,58?/m1/s1. The maximum Gasteiger partial charge on any atom is 0.0468 e. The number of hydrogen-bond acceptors (Lipinski definition) is 1. The lowest BCUT2D eigenvalue weighted by Gasteiger charge is -2.54. The van der Waals surface area contributed by atoms with Crippen LogP contribution in [-0.4, -0.2) is 0 Å². The third-order valence-electron chi connectivity index (χ3n) is 17.2. The lowest BCUT2D eigenvalue weighted by Crippen LogP contribution is -2.50. The van der Waals surface area contributed by atoms with E-state index in [4.69, 9.17) is 0 Å². The van der Waals surface area contributed by atoms with Gasteiger partial charge in [-0.05, 0) is 181 Å². The van der Waals surface area contributed by atoms with Crippen molar-refractivity contribution in [1.82, 2.24) is 0 Å². The average Bonchev–Trinajstić information content (AvgIpc) is 3.82. The van der Waals surface area contributed by atoms with E-state index in [1.165, 1.54) is 115 Å². The minimum atomic E-state index is -0.0815. The lowest BCUT2D eigenvalue weighted by atomic mass is 9.49. The molecule has 0 aliphatic heterocycles. The summed E-state index contributed by atoms with van der Waals surface area (Å²) in [5.74, 6) is 3.48. The molecule has 6 atom stereocenters. The Morgan fingerprint density at radius 3 is 1.97 bits per heavy atom. The van der Waals surface area contributed by atoms with Gasteiger partial charge in [-0.3, -0.25) is 0 Å². The summed E-state index contributed by atoms with van der Waals surface area (Å²) in [6.07, 6.45) is 7.31. The Kier molecular flexibility index (Phi) is 6.27. The predicted octanol–water partition coefficient (Wildman–Crippen LogP) is 15.2. The third-order valence-corrected chi connectivity index (χ3v) is 17.2. The zero-order valence-electron chi connectivity index (χ0n) is 33.9. The van der Waals surface area contributed by atoms with E-state index >= 15 is 0 Å². The number of fused-ring (bicyclic) bond motifs is 15. The highest BCUT2D eigenvalue weighted by Gasteiger charge is 2.76. The van der Waals surface area contributed by atoms with Crippen LogP contribution in [-0.2, 0) is 10.8 Å².